The van der Waals surface area contributed by atoms with Crippen LogP contribution in [0.2, 0.25) is 0 Å². The lowest BCUT2D eigenvalue weighted by Gasteiger charge is -2.34. The van der Waals surface area contributed by atoms with Crippen molar-refractivity contribution in [2.45, 2.75) is 24.9 Å². The Bertz CT molecular complexity index is 953. The summed E-state index contributed by atoms with van der Waals surface area (Å²) in [6.45, 7) is 7.65. The zero-order valence-electron chi connectivity index (χ0n) is 18.7. The van der Waals surface area contributed by atoms with Crippen molar-refractivity contribution in [2.75, 3.05) is 62.6 Å². The Hall–Kier alpha value is -2.76. The summed E-state index contributed by atoms with van der Waals surface area (Å²) < 4.78 is 39.9. The fourth-order valence-electron chi connectivity index (χ4n) is 4.70. The van der Waals surface area contributed by atoms with E-state index in [1.54, 1.807) is 12.1 Å². The van der Waals surface area contributed by atoms with Crippen LogP contribution in [0.25, 0.3) is 0 Å². The maximum absolute atomic E-state index is 13.3. The molecule has 2 aliphatic heterocycles. The highest BCUT2D eigenvalue weighted by atomic mass is 19.4. The molecule has 0 amide bonds. The van der Waals surface area contributed by atoms with E-state index in [1.807, 2.05) is 4.90 Å². The molecule has 8 heteroatoms. The fourth-order valence-corrected chi connectivity index (χ4v) is 4.70. The molecule has 176 valence electrons. The highest BCUT2D eigenvalue weighted by Crippen LogP contribution is 2.36. The van der Waals surface area contributed by atoms with Gasteiger partial charge in [-0.1, -0.05) is 12.1 Å². The topological polar surface area (TPSA) is 54.3 Å². The minimum absolute atomic E-state index is 0.331. The van der Waals surface area contributed by atoms with E-state index in [0.717, 1.165) is 63.9 Å². The molecule has 0 spiro atoms. The lowest BCUT2D eigenvalue weighted by molar-refractivity contribution is -0.137. The monoisotopic (exact) mass is 457 g/mol. The summed E-state index contributed by atoms with van der Waals surface area (Å²) in [7, 11) is 0. The number of benzene rings is 2. The Kier molecular flexibility index (Phi) is 7.41. The van der Waals surface area contributed by atoms with Gasteiger partial charge in [0.15, 0.2) is 0 Å². The summed E-state index contributed by atoms with van der Waals surface area (Å²) in [5.41, 5.74) is 1.73. The molecule has 0 aliphatic carbocycles. The lowest BCUT2D eigenvalue weighted by atomic mass is 9.89. The van der Waals surface area contributed by atoms with Gasteiger partial charge in [-0.3, -0.25) is 4.90 Å². The molecule has 0 radical (unpaired) electrons. The van der Waals surface area contributed by atoms with Crippen LogP contribution in [0, 0.1) is 11.3 Å². The molecule has 0 bridgehead atoms. The van der Waals surface area contributed by atoms with Crippen molar-refractivity contribution in [3.63, 3.8) is 0 Å². The SMILES string of the molecule is N#Cc1ccc(N2CCC(c3ccc(NCCN4CCNCC4)cc3)CC2)cc1C(F)(F)F. The van der Waals surface area contributed by atoms with E-state index in [-0.39, 0.29) is 5.56 Å². The van der Waals surface area contributed by atoms with Crippen LogP contribution in [0.5, 0.6) is 0 Å². The largest absolute Gasteiger partial charge is 0.417 e. The van der Waals surface area contributed by atoms with Gasteiger partial charge in [-0.15, -0.1) is 0 Å². The van der Waals surface area contributed by atoms with Crippen molar-refractivity contribution in [1.29, 1.82) is 5.26 Å². The summed E-state index contributed by atoms with van der Waals surface area (Å²) in [6.07, 6.45) is -2.76. The molecule has 2 fully saturated rings. The number of rotatable bonds is 6. The van der Waals surface area contributed by atoms with E-state index in [4.69, 9.17) is 5.26 Å². The Morgan fingerprint density at radius 1 is 1.00 bits per heavy atom. The first-order chi connectivity index (χ1) is 15.9. The first-order valence-corrected chi connectivity index (χ1v) is 11.6. The van der Waals surface area contributed by atoms with E-state index in [1.165, 1.54) is 11.6 Å². The number of halogens is 3. The van der Waals surface area contributed by atoms with Crippen LogP contribution in [0.1, 0.15) is 35.4 Å². The number of nitrogens with zero attached hydrogens (tertiary/aromatic N) is 3. The normalized spacial score (nSPS) is 18.2. The summed E-state index contributed by atoms with van der Waals surface area (Å²) in [5, 5.41) is 15.9. The Balaban J connectivity index is 1.29. The predicted octanol–water partition coefficient (Wildman–Crippen LogP) is 4.28. The zero-order chi connectivity index (χ0) is 23.3. The molecule has 2 N–H and O–H groups in total. The molecule has 2 saturated heterocycles. The van der Waals surface area contributed by atoms with Crippen LogP contribution < -0.4 is 15.5 Å². The maximum Gasteiger partial charge on any atom is 0.417 e. The molecular formula is C25H30F3N5. The number of piperazine rings is 1. The second-order valence-corrected chi connectivity index (χ2v) is 8.74. The minimum atomic E-state index is -4.53. The highest BCUT2D eigenvalue weighted by Gasteiger charge is 2.34. The van der Waals surface area contributed by atoms with E-state index in [0.29, 0.717) is 24.7 Å². The molecule has 0 aromatic heterocycles. The summed E-state index contributed by atoms with van der Waals surface area (Å²) in [6, 6.07) is 14.2. The van der Waals surface area contributed by atoms with Crippen molar-refractivity contribution < 1.29 is 13.2 Å². The third-order valence-corrected chi connectivity index (χ3v) is 6.64. The average Bonchev–Trinajstić information content (AvgIpc) is 2.84. The molecular weight excluding hydrogens is 427 g/mol. The van der Waals surface area contributed by atoms with Gasteiger partial charge in [-0.25, -0.2) is 0 Å². The van der Waals surface area contributed by atoms with Gasteiger partial charge in [0, 0.05) is 63.7 Å². The van der Waals surface area contributed by atoms with Crippen LogP contribution in [0.15, 0.2) is 42.5 Å². The van der Waals surface area contributed by atoms with Crippen molar-refractivity contribution in [3.8, 4) is 6.07 Å². The third-order valence-electron chi connectivity index (χ3n) is 6.64. The number of anilines is 2. The van der Waals surface area contributed by atoms with Crippen molar-refractivity contribution in [1.82, 2.24) is 10.2 Å². The molecule has 2 heterocycles. The Morgan fingerprint density at radius 3 is 2.33 bits per heavy atom. The van der Waals surface area contributed by atoms with E-state index in [9.17, 15) is 13.2 Å². The van der Waals surface area contributed by atoms with Crippen LogP contribution >= 0.6 is 0 Å². The Morgan fingerprint density at radius 2 is 1.70 bits per heavy atom. The van der Waals surface area contributed by atoms with Crippen molar-refractivity contribution in [3.05, 3.63) is 59.2 Å². The molecule has 2 aromatic carbocycles. The second kappa shape index (κ2) is 10.4. The molecule has 33 heavy (non-hydrogen) atoms. The standard InChI is InChI=1S/C25H30F3N5/c26-25(27,28)24-17-23(6-3-21(24)18-29)33-12-7-20(8-13-33)19-1-4-22(5-2-19)31-11-16-32-14-9-30-10-15-32/h1-6,17,20,30-31H,7-16H2. The van der Waals surface area contributed by atoms with Gasteiger partial charge >= 0.3 is 6.18 Å². The molecule has 0 unspecified atom stereocenters. The number of nitriles is 1. The van der Waals surface area contributed by atoms with Gasteiger partial charge in [0.05, 0.1) is 17.2 Å². The molecule has 5 nitrogen and oxygen atoms in total. The van der Waals surface area contributed by atoms with Gasteiger partial charge < -0.3 is 15.5 Å². The molecule has 2 aliphatic rings. The van der Waals surface area contributed by atoms with E-state index >= 15 is 0 Å². The van der Waals surface area contributed by atoms with Crippen molar-refractivity contribution in [2.24, 2.45) is 0 Å². The molecule has 0 saturated carbocycles. The van der Waals surface area contributed by atoms with Crippen LogP contribution in [-0.4, -0.2) is 57.3 Å². The first-order valence-electron chi connectivity index (χ1n) is 11.6. The summed E-state index contributed by atoms with van der Waals surface area (Å²) in [4.78, 5) is 4.44. The predicted molar refractivity (Wildman–Crippen MR) is 125 cm³/mol. The molecule has 2 aromatic rings. The molecule has 4 rings (SSSR count). The van der Waals surface area contributed by atoms with Crippen LogP contribution in [0.4, 0.5) is 24.5 Å². The summed E-state index contributed by atoms with van der Waals surface area (Å²) >= 11 is 0. The van der Waals surface area contributed by atoms with Crippen LogP contribution in [-0.2, 0) is 6.18 Å². The fraction of sp³-hybridized carbons (Fsp3) is 0.480. The average molecular weight is 458 g/mol. The van der Waals surface area contributed by atoms with Gasteiger partial charge in [0.2, 0.25) is 0 Å². The quantitative estimate of drug-likeness (QED) is 0.678. The molecule has 0 atom stereocenters. The van der Waals surface area contributed by atoms with Gasteiger partial charge in [0.1, 0.15) is 0 Å². The zero-order valence-corrected chi connectivity index (χ0v) is 18.7. The van der Waals surface area contributed by atoms with Gasteiger partial charge in [0.25, 0.3) is 0 Å². The number of nitrogens with one attached hydrogen (secondary N) is 2. The van der Waals surface area contributed by atoms with E-state index in [2.05, 4.69) is 39.8 Å². The van der Waals surface area contributed by atoms with E-state index < -0.39 is 11.7 Å². The first kappa shape index (κ1) is 23.4. The van der Waals surface area contributed by atoms with Crippen molar-refractivity contribution >= 4 is 11.4 Å². The Labute approximate surface area is 193 Å². The lowest BCUT2D eigenvalue weighted by Crippen LogP contribution is -2.45. The van der Waals surface area contributed by atoms with Crippen LogP contribution in [0.3, 0.4) is 0 Å². The minimum Gasteiger partial charge on any atom is -0.384 e. The third kappa shape index (κ3) is 5.98. The van der Waals surface area contributed by atoms with Gasteiger partial charge in [-0.05, 0) is 54.7 Å². The maximum atomic E-state index is 13.3. The smallest absolute Gasteiger partial charge is 0.384 e. The second-order valence-electron chi connectivity index (χ2n) is 8.74. The number of hydrogen-bond acceptors (Lipinski definition) is 5. The number of alkyl halides is 3. The number of piperidine rings is 1. The highest BCUT2D eigenvalue weighted by molar-refractivity contribution is 5.55. The number of hydrogen-bond donors (Lipinski definition) is 2. The summed E-state index contributed by atoms with van der Waals surface area (Å²) in [5.74, 6) is 0.400. The van der Waals surface area contributed by atoms with Gasteiger partial charge in [-0.2, -0.15) is 18.4 Å².